The molecule has 0 spiro atoms. The van der Waals surface area contributed by atoms with Crippen LogP contribution in [0, 0.1) is 11.8 Å². The fourth-order valence-electron chi connectivity index (χ4n) is 2.92. The van der Waals surface area contributed by atoms with Crippen molar-refractivity contribution in [2.24, 2.45) is 0 Å². The minimum atomic E-state index is -0.545. The Balaban J connectivity index is 2.02. The predicted molar refractivity (Wildman–Crippen MR) is 108 cm³/mol. The van der Waals surface area contributed by atoms with Crippen LogP contribution in [0.5, 0.6) is 0 Å². The van der Waals surface area contributed by atoms with E-state index in [4.69, 9.17) is 4.42 Å². The number of ether oxygens (including phenoxy) is 1. The second-order valence-corrected chi connectivity index (χ2v) is 6.94. The van der Waals surface area contributed by atoms with E-state index in [0.29, 0.717) is 5.76 Å². The molecule has 150 valence electrons. The van der Waals surface area contributed by atoms with E-state index in [2.05, 4.69) is 23.5 Å². The van der Waals surface area contributed by atoms with Gasteiger partial charge in [-0.05, 0) is 24.5 Å². The summed E-state index contributed by atoms with van der Waals surface area (Å²) >= 11 is 0. The van der Waals surface area contributed by atoms with Crippen LogP contribution in [0.15, 0.2) is 16.5 Å². The number of rotatable bonds is 14. The first-order valence-corrected chi connectivity index (χ1v) is 10.4. The Morgan fingerprint density at radius 2 is 1.52 bits per heavy atom. The summed E-state index contributed by atoms with van der Waals surface area (Å²) in [5.41, 5.74) is 0. The molecule has 1 aromatic heterocycles. The zero-order valence-corrected chi connectivity index (χ0v) is 17.0. The highest BCUT2D eigenvalue weighted by molar-refractivity contribution is 5.96. The Morgan fingerprint density at radius 1 is 0.926 bits per heavy atom. The summed E-state index contributed by atoms with van der Waals surface area (Å²) in [6, 6.07) is 3.11. The van der Waals surface area contributed by atoms with Gasteiger partial charge in [0.15, 0.2) is 0 Å². The van der Waals surface area contributed by atoms with Crippen LogP contribution < -0.4 is 0 Å². The van der Waals surface area contributed by atoms with Crippen molar-refractivity contribution in [1.82, 2.24) is 0 Å². The lowest BCUT2D eigenvalue weighted by Gasteiger charge is -2.01. The van der Waals surface area contributed by atoms with E-state index in [1.54, 1.807) is 6.07 Å². The van der Waals surface area contributed by atoms with Gasteiger partial charge in [-0.25, -0.2) is 4.79 Å². The van der Waals surface area contributed by atoms with E-state index in [-0.39, 0.29) is 18.0 Å². The maximum Gasteiger partial charge on any atom is 0.373 e. The highest BCUT2D eigenvalue weighted by Gasteiger charge is 2.12. The van der Waals surface area contributed by atoms with E-state index in [9.17, 15) is 9.59 Å². The van der Waals surface area contributed by atoms with Crippen LogP contribution in [0.4, 0.5) is 0 Å². The molecule has 0 bridgehead atoms. The fraction of sp³-hybridized carbons (Fsp3) is 0.652. The van der Waals surface area contributed by atoms with Gasteiger partial charge in [-0.1, -0.05) is 77.1 Å². The van der Waals surface area contributed by atoms with Crippen molar-refractivity contribution in [3.05, 3.63) is 23.7 Å². The maximum absolute atomic E-state index is 11.8. The zero-order chi connectivity index (χ0) is 19.7. The fourth-order valence-corrected chi connectivity index (χ4v) is 2.92. The first kappa shape index (κ1) is 23.0. The summed E-state index contributed by atoms with van der Waals surface area (Å²) in [4.78, 5) is 23.1. The van der Waals surface area contributed by atoms with Crippen molar-refractivity contribution in [3.63, 3.8) is 0 Å². The monoisotopic (exact) mass is 374 g/mol. The van der Waals surface area contributed by atoms with Crippen molar-refractivity contribution in [2.45, 2.75) is 90.4 Å². The van der Waals surface area contributed by atoms with Gasteiger partial charge in [0.25, 0.3) is 0 Å². The summed E-state index contributed by atoms with van der Waals surface area (Å²) in [6.07, 6.45) is 15.2. The van der Waals surface area contributed by atoms with Gasteiger partial charge in [-0.15, -0.1) is 0 Å². The first-order chi connectivity index (χ1) is 13.2. The van der Waals surface area contributed by atoms with Crippen molar-refractivity contribution >= 4 is 11.8 Å². The van der Waals surface area contributed by atoms with Gasteiger partial charge < -0.3 is 9.15 Å². The smallest absolute Gasteiger partial charge is 0.373 e. The van der Waals surface area contributed by atoms with Crippen LogP contribution in [0.1, 0.15) is 100 Å². The molecule has 1 aromatic rings. The molecule has 4 heteroatoms. The number of hydrogen-bond acceptors (Lipinski definition) is 4. The van der Waals surface area contributed by atoms with E-state index in [1.165, 1.54) is 77.4 Å². The van der Waals surface area contributed by atoms with E-state index >= 15 is 0 Å². The van der Waals surface area contributed by atoms with Gasteiger partial charge in [0.1, 0.15) is 5.76 Å². The lowest BCUT2D eigenvalue weighted by Crippen LogP contribution is -2.00. The zero-order valence-electron chi connectivity index (χ0n) is 17.0. The van der Waals surface area contributed by atoms with Gasteiger partial charge in [0.05, 0.1) is 13.5 Å². The number of carbonyl (C=O) groups is 2. The van der Waals surface area contributed by atoms with Gasteiger partial charge in [0, 0.05) is 6.42 Å². The van der Waals surface area contributed by atoms with Crippen molar-refractivity contribution in [3.8, 4) is 11.8 Å². The van der Waals surface area contributed by atoms with Crippen molar-refractivity contribution in [1.29, 1.82) is 0 Å². The molecule has 1 heterocycles. The normalized spacial score (nSPS) is 10.3. The summed E-state index contributed by atoms with van der Waals surface area (Å²) < 4.78 is 9.82. The summed E-state index contributed by atoms with van der Waals surface area (Å²) in [7, 11) is 1.29. The Labute approximate surface area is 164 Å². The number of carbonyl (C=O) groups excluding carboxylic acids is 2. The molecule has 0 N–H and O–H groups in total. The molecule has 0 saturated heterocycles. The quantitative estimate of drug-likeness (QED) is 0.176. The van der Waals surface area contributed by atoms with Gasteiger partial charge >= 0.3 is 5.97 Å². The molecule has 27 heavy (non-hydrogen) atoms. The van der Waals surface area contributed by atoms with E-state index in [1.807, 2.05) is 0 Å². The third-order valence-corrected chi connectivity index (χ3v) is 4.52. The minimum absolute atomic E-state index is 0.0856. The predicted octanol–water partition coefficient (Wildman–Crippen LogP) is 5.88. The third kappa shape index (κ3) is 11.3. The highest BCUT2D eigenvalue weighted by Crippen LogP contribution is 2.12. The number of Topliss-reactive ketones (excluding diaryl/α,β-unsaturated/α-hetero) is 1. The first-order valence-electron chi connectivity index (χ1n) is 10.4. The summed E-state index contributed by atoms with van der Waals surface area (Å²) in [5, 5.41) is 0. The van der Waals surface area contributed by atoms with Crippen LogP contribution in [0.25, 0.3) is 0 Å². The topological polar surface area (TPSA) is 56.5 Å². The molecule has 0 aromatic carbocycles. The number of esters is 1. The third-order valence-electron chi connectivity index (χ3n) is 4.52. The standard InChI is InChI=1S/C23H34O4/c1-3-4-5-6-7-8-9-10-11-12-13-14-15-16-20(24)19-21-17-18-22(27-21)23(25)26-2/h17-18H,3-14,19H2,1-2H3. The van der Waals surface area contributed by atoms with Gasteiger partial charge in [-0.3, -0.25) is 4.79 Å². The average molecular weight is 375 g/mol. The van der Waals surface area contributed by atoms with E-state index in [0.717, 1.165) is 12.8 Å². The molecule has 0 aliphatic rings. The second kappa shape index (κ2) is 15.1. The van der Waals surface area contributed by atoms with E-state index < -0.39 is 5.97 Å². The Kier molecular flexibility index (Phi) is 12.9. The molecule has 1 rings (SSSR count). The summed E-state index contributed by atoms with van der Waals surface area (Å²) in [5.74, 6) is 5.40. The molecule has 4 nitrogen and oxygen atoms in total. The SMILES string of the molecule is CCCCCCCCCCCCCC#CC(=O)Cc1ccc(C(=O)OC)o1. The minimum Gasteiger partial charge on any atom is -0.463 e. The highest BCUT2D eigenvalue weighted by atomic mass is 16.5. The van der Waals surface area contributed by atoms with Crippen LogP contribution in [-0.4, -0.2) is 18.9 Å². The number of ketones is 1. The van der Waals surface area contributed by atoms with Gasteiger partial charge in [-0.2, -0.15) is 0 Å². The maximum atomic E-state index is 11.8. The molecule has 0 unspecified atom stereocenters. The number of furan rings is 1. The number of methoxy groups -OCH3 is 1. The van der Waals surface area contributed by atoms with Crippen LogP contribution in [-0.2, 0) is 16.0 Å². The molecule has 0 amide bonds. The van der Waals surface area contributed by atoms with Crippen LogP contribution in [0.2, 0.25) is 0 Å². The number of hydrogen-bond donors (Lipinski definition) is 0. The largest absolute Gasteiger partial charge is 0.463 e. The second-order valence-electron chi connectivity index (χ2n) is 6.94. The molecule has 0 atom stereocenters. The molecular formula is C23H34O4. The summed E-state index contributed by atoms with van der Waals surface area (Å²) in [6.45, 7) is 2.25. The van der Waals surface area contributed by atoms with Crippen LogP contribution in [0.3, 0.4) is 0 Å². The lowest BCUT2D eigenvalue weighted by molar-refractivity contribution is -0.113. The number of unbranched alkanes of at least 4 members (excludes halogenated alkanes) is 11. The lowest BCUT2D eigenvalue weighted by atomic mass is 10.1. The Bertz CT molecular complexity index is 603. The van der Waals surface area contributed by atoms with Crippen molar-refractivity contribution < 1.29 is 18.7 Å². The Morgan fingerprint density at radius 3 is 2.11 bits per heavy atom. The molecular weight excluding hydrogens is 340 g/mol. The van der Waals surface area contributed by atoms with Gasteiger partial charge in [0.2, 0.25) is 11.5 Å². The Hall–Kier alpha value is -2.02. The van der Waals surface area contributed by atoms with Crippen molar-refractivity contribution in [2.75, 3.05) is 7.11 Å². The molecule has 0 saturated carbocycles. The van der Waals surface area contributed by atoms with Crippen LogP contribution >= 0.6 is 0 Å². The molecule has 0 aliphatic carbocycles. The molecule has 0 radical (unpaired) electrons. The molecule has 0 fully saturated rings. The average Bonchev–Trinajstić information content (AvgIpc) is 3.13. The molecule has 0 aliphatic heterocycles.